The van der Waals surface area contributed by atoms with E-state index in [1.807, 2.05) is 30.3 Å². The Kier molecular flexibility index (Phi) is 4.05. The molecular weight excluding hydrogens is 392 g/mol. The number of aromatic nitrogens is 2. The van der Waals surface area contributed by atoms with Crippen molar-refractivity contribution in [3.8, 4) is 22.8 Å². The monoisotopic (exact) mass is 414 g/mol. The number of aryl methyl sites for hydroxylation is 2. The predicted octanol–water partition coefficient (Wildman–Crippen LogP) is 7.32. The summed E-state index contributed by atoms with van der Waals surface area (Å²) >= 11 is 0. The molecule has 0 fully saturated rings. The molecule has 0 aliphatic carbocycles. The van der Waals surface area contributed by atoms with Gasteiger partial charge in [-0.05, 0) is 48.9 Å². The molecule has 32 heavy (non-hydrogen) atoms. The third-order valence-electron chi connectivity index (χ3n) is 6.17. The van der Waals surface area contributed by atoms with Crippen molar-refractivity contribution in [1.82, 2.24) is 9.55 Å². The summed E-state index contributed by atoms with van der Waals surface area (Å²) in [6, 6.07) is 30.9. The highest BCUT2D eigenvalue weighted by Gasteiger charge is 2.20. The number of aromatic hydroxyl groups is 1. The molecule has 0 bridgehead atoms. The molecule has 1 N–H and O–H groups in total. The summed E-state index contributed by atoms with van der Waals surface area (Å²) in [4.78, 5) is 5.21. The SMILES string of the molecule is Cc1ccc2c(c1)c1cc(C)ccc1c1c2nc(-c2ccccc2)n1-c1ccc(O)cc1. The van der Waals surface area contributed by atoms with Gasteiger partial charge in [-0.15, -0.1) is 0 Å². The molecule has 5 aromatic carbocycles. The molecule has 3 nitrogen and oxygen atoms in total. The van der Waals surface area contributed by atoms with E-state index in [-0.39, 0.29) is 5.75 Å². The molecule has 0 unspecified atom stereocenters. The summed E-state index contributed by atoms with van der Waals surface area (Å²) in [5, 5.41) is 14.7. The molecule has 0 saturated heterocycles. The van der Waals surface area contributed by atoms with Gasteiger partial charge in [-0.1, -0.05) is 77.9 Å². The Morgan fingerprint density at radius 1 is 0.656 bits per heavy atom. The van der Waals surface area contributed by atoms with E-state index in [0.717, 1.165) is 33.5 Å². The van der Waals surface area contributed by atoms with Crippen LogP contribution < -0.4 is 0 Å². The zero-order valence-corrected chi connectivity index (χ0v) is 18.0. The molecular formula is C29H22N2O. The maximum absolute atomic E-state index is 9.90. The number of hydrogen-bond acceptors (Lipinski definition) is 2. The summed E-state index contributed by atoms with van der Waals surface area (Å²) in [5.41, 5.74) is 6.57. The second kappa shape index (κ2) is 6.96. The molecule has 0 saturated carbocycles. The van der Waals surface area contributed by atoms with Gasteiger partial charge in [-0.2, -0.15) is 0 Å². The van der Waals surface area contributed by atoms with Gasteiger partial charge in [0.05, 0.1) is 11.0 Å². The van der Waals surface area contributed by atoms with Crippen molar-refractivity contribution in [2.45, 2.75) is 13.8 Å². The van der Waals surface area contributed by atoms with Gasteiger partial charge < -0.3 is 5.11 Å². The van der Waals surface area contributed by atoms with Crippen molar-refractivity contribution in [2.75, 3.05) is 0 Å². The number of fused-ring (bicyclic) bond motifs is 6. The second-order valence-electron chi connectivity index (χ2n) is 8.45. The zero-order valence-electron chi connectivity index (χ0n) is 18.0. The molecule has 0 atom stereocenters. The lowest BCUT2D eigenvalue weighted by atomic mass is 9.97. The topological polar surface area (TPSA) is 38.0 Å². The maximum Gasteiger partial charge on any atom is 0.145 e. The van der Waals surface area contributed by atoms with Crippen molar-refractivity contribution in [3.05, 3.63) is 102 Å². The van der Waals surface area contributed by atoms with Crippen LogP contribution in [-0.4, -0.2) is 14.7 Å². The highest BCUT2D eigenvalue weighted by molar-refractivity contribution is 6.24. The van der Waals surface area contributed by atoms with Crippen LogP contribution in [0.2, 0.25) is 0 Å². The lowest BCUT2D eigenvalue weighted by molar-refractivity contribution is 0.475. The minimum Gasteiger partial charge on any atom is -0.508 e. The minimum absolute atomic E-state index is 0.251. The van der Waals surface area contributed by atoms with Crippen LogP contribution >= 0.6 is 0 Å². The normalized spacial score (nSPS) is 11.6. The van der Waals surface area contributed by atoms with E-state index >= 15 is 0 Å². The largest absolute Gasteiger partial charge is 0.508 e. The third kappa shape index (κ3) is 2.78. The van der Waals surface area contributed by atoms with E-state index in [9.17, 15) is 5.11 Å². The maximum atomic E-state index is 9.90. The number of rotatable bonds is 2. The molecule has 154 valence electrons. The Labute approximate surface area is 186 Å². The Morgan fingerprint density at radius 2 is 1.28 bits per heavy atom. The van der Waals surface area contributed by atoms with Crippen LogP contribution in [0.5, 0.6) is 5.75 Å². The number of nitrogens with zero attached hydrogens (tertiary/aromatic N) is 2. The predicted molar refractivity (Wildman–Crippen MR) is 133 cm³/mol. The van der Waals surface area contributed by atoms with Crippen LogP contribution in [0.4, 0.5) is 0 Å². The third-order valence-corrected chi connectivity index (χ3v) is 6.17. The molecule has 0 spiro atoms. The average Bonchev–Trinajstić information content (AvgIpc) is 3.21. The van der Waals surface area contributed by atoms with Crippen LogP contribution in [0.1, 0.15) is 11.1 Å². The quantitative estimate of drug-likeness (QED) is 0.301. The molecule has 3 heteroatoms. The van der Waals surface area contributed by atoms with Gasteiger partial charge in [-0.3, -0.25) is 4.57 Å². The van der Waals surface area contributed by atoms with E-state index in [1.165, 1.54) is 27.3 Å². The van der Waals surface area contributed by atoms with Gasteiger partial charge in [0, 0.05) is 22.0 Å². The highest BCUT2D eigenvalue weighted by atomic mass is 16.3. The summed E-state index contributed by atoms with van der Waals surface area (Å²) in [6.45, 7) is 4.27. The molecule has 1 heterocycles. The molecule has 6 rings (SSSR count). The van der Waals surface area contributed by atoms with E-state index in [2.05, 4.69) is 66.9 Å². The van der Waals surface area contributed by atoms with Gasteiger partial charge >= 0.3 is 0 Å². The number of benzene rings is 5. The van der Waals surface area contributed by atoms with Gasteiger partial charge in [0.2, 0.25) is 0 Å². The minimum atomic E-state index is 0.251. The number of hydrogen-bond donors (Lipinski definition) is 1. The fraction of sp³-hybridized carbons (Fsp3) is 0.0690. The van der Waals surface area contributed by atoms with Gasteiger partial charge in [0.15, 0.2) is 0 Å². The van der Waals surface area contributed by atoms with Crippen molar-refractivity contribution in [3.63, 3.8) is 0 Å². The standard InChI is InChI=1S/C29H22N2O/c1-18-8-14-23-25(16-18)26-17-19(2)9-15-24(26)28-27(23)30-29(20-6-4-3-5-7-20)31(28)21-10-12-22(32)13-11-21/h3-17,32H,1-2H3. The molecule has 0 aliphatic rings. The van der Waals surface area contributed by atoms with Crippen molar-refractivity contribution in [2.24, 2.45) is 0 Å². The summed E-state index contributed by atoms with van der Waals surface area (Å²) < 4.78 is 2.22. The summed E-state index contributed by atoms with van der Waals surface area (Å²) in [5.74, 6) is 1.14. The fourth-order valence-electron chi connectivity index (χ4n) is 4.67. The average molecular weight is 415 g/mol. The number of phenols is 1. The smallest absolute Gasteiger partial charge is 0.145 e. The Balaban J connectivity index is 1.87. The van der Waals surface area contributed by atoms with Gasteiger partial charge in [0.25, 0.3) is 0 Å². The Morgan fingerprint density at radius 3 is 1.97 bits per heavy atom. The zero-order chi connectivity index (χ0) is 21.8. The lowest BCUT2D eigenvalue weighted by Crippen LogP contribution is -1.98. The van der Waals surface area contributed by atoms with Crippen molar-refractivity contribution in [1.29, 1.82) is 0 Å². The molecule has 1 aromatic heterocycles. The van der Waals surface area contributed by atoms with Crippen LogP contribution in [0.3, 0.4) is 0 Å². The van der Waals surface area contributed by atoms with E-state index in [1.54, 1.807) is 12.1 Å². The number of imidazole rings is 1. The van der Waals surface area contributed by atoms with Gasteiger partial charge in [0.1, 0.15) is 11.6 Å². The first-order valence-electron chi connectivity index (χ1n) is 10.8. The fourth-order valence-corrected chi connectivity index (χ4v) is 4.67. The first kappa shape index (κ1) is 18.6. The van der Waals surface area contributed by atoms with Crippen LogP contribution in [0.25, 0.3) is 49.7 Å². The molecule has 6 aromatic rings. The molecule has 0 radical (unpaired) electrons. The van der Waals surface area contributed by atoms with E-state index in [0.29, 0.717) is 0 Å². The van der Waals surface area contributed by atoms with Gasteiger partial charge in [-0.25, -0.2) is 4.98 Å². The van der Waals surface area contributed by atoms with Crippen molar-refractivity contribution < 1.29 is 5.11 Å². The van der Waals surface area contributed by atoms with Crippen molar-refractivity contribution >= 4 is 32.6 Å². The van der Waals surface area contributed by atoms with Crippen LogP contribution in [0, 0.1) is 13.8 Å². The Hall–Kier alpha value is -4.11. The molecule has 0 aliphatic heterocycles. The summed E-state index contributed by atoms with van der Waals surface area (Å²) in [6.07, 6.45) is 0. The lowest BCUT2D eigenvalue weighted by Gasteiger charge is -2.13. The second-order valence-corrected chi connectivity index (χ2v) is 8.45. The van der Waals surface area contributed by atoms with Crippen LogP contribution in [0.15, 0.2) is 91.0 Å². The number of phenolic OH excluding ortho intramolecular Hbond substituents is 1. The molecule has 0 amide bonds. The van der Waals surface area contributed by atoms with E-state index in [4.69, 9.17) is 4.98 Å². The van der Waals surface area contributed by atoms with E-state index < -0.39 is 0 Å². The Bertz CT molecular complexity index is 1630. The highest BCUT2D eigenvalue weighted by Crippen LogP contribution is 2.39. The first-order chi connectivity index (χ1) is 15.6. The summed E-state index contributed by atoms with van der Waals surface area (Å²) in [7, 11) is 0. The first-order valence-corrected chi connectivity index (χ1v) is 10.8. The van der Waals surface area contributed by atoms with Crippen LogP contribution in [-0.2, 0) is 0 Å².